The zero-order chi connectivity index (χ0) is 14.6. The predicted molar refractivity (Wildman–Crippen MR) is 69.1 cm³/mol. The molecule has 0 aliphatic carbocycles. The number of nitrogens with zero attached hydrogens (tertiary/aromatic N) is 3. The fourth-order valence-corrected chi connectivity index (χ4v) is 2.95. The summed E-state index contributed by atoms with van der Waals surface area (Å²) in [5.41, 5.74) is 0.946. The Morgan fingerprint density at radius 1 is 1.45 bits per heavy atom. The molecule has 2 rings (SSSR count). The van der Waals surface area contributed by atoms with Gasteiger partial charge in [0.1, 0.15) is 0 Å². The van der Waals surface area contributed by atoms with E-state index in [9.17, 15) is 8.42 Å². The molecule has 1 aromatic heterocycles. The lowest BCUT2D eigenvalue weighted by Gasteiger charge is -2.08. The van der Waals surface area contributed by atoms with Crippen LogP contribution < -0.4 is 4.72 Å². The van der Waals surface area contributed by atoms with Gasteiger partial charge < -0.3 is 4.52 Å². The van der Waals surface area contributed by atoms with Crippen molar-refractivity contribution in [1.29, 1.82) is 5.26 Å². The second kappa shape index (κ2) is 5.81. The van der Waals surface area contributed by atoms with Crippen molar-refractivity contribution in [3.63, 3.8) is 0 Å². The monoisotopic (exact) mass is 292 g/mol. The van der Waals surface area contributed by atoms with E-state index in [0.717, 1.165) is 0 Å². The van der Waals surface area contributed by atoms with Gasteiger partial charge in [-0.2, -0.15) is 10.2 Å². The highest BCUT2D eigenvalue weighted by Crippen LogP contribution is 2.16. The Labute approximate surface area is 116 Å². The van der Waals surface area contributed by atoms with Crippen LogP contribution >= 0.6 is 0 Å². The van der Waals surface area contributed by atoms with Gasteiger partial charge in [0.25, 0.3) is 0 Å². The van der Waals surface area contributed by atoms with E-state index in [1.165, 1.54) is 24.5 Å². The molecule has 0 saturated carbocycles. The summed E-state index contributed by atoms with van der Waals surface area (Å²) in [6, 6.07) is 6.39. The third-order valence-electron chi connectivity index (χ3n) is 2.63. The Morgan fingerprint density at radius 2 is 2.25 bits per heavy atom. The maximum Gasteiger partial charge on any atom is 0.240 e. The fraction of sp³-hybridized carbons (Fsp3) is 0.250. The average molecular weight is 292 g/mol. The van der Waals surface area contributed by atoms with Gasteiger partial charge in [-0.1, -0.05) is 5.16 Å². The van der Waals surface area contributed by atoms with Crippen molar-refractivity contribution in [2.75, 3.05) is 6.54 Å². The molecule has 0 atom stereocenters. The lowest BCUT2D eigenvalue weighted by Crippen LogP contribution is -2.26. The van der Waals surface area contributed by atoms with Crippen LogP contribution in [-0.4, -0.2) is 25.1 Å². The van der Waals surface area contributed by atoms with Crippen LogP contribution in [0.4, 0.5) is 0 Å². The number of rotatable bonds is 5. The van der Waals surface area contributed by atoms with Crippen LogP contribution in [-0.2, 0) is 16.4 Å². The molecule has 8 heteroatoms. The van der Waals surface area contributed by atoms with Crippen LogP contribution in [0.1, 0.15) is 17.0 Å². The quantitative estimate of drug-likeness (QED) is 0.871. The number of hydrogen-bond donors (Lipinski definition) is 1. The van der Waals surface area contributed by atoms with E-state index >= 15 is 0 Å². The molecule has 0 radical (unpaired) electrons. The average Bonchev–Trinajstić information content (AvgIpc) is 2.91. The molecule has 20 heavy (non-hydrogen) atoms. The van der Waals surface area contributed by atoms with Crippen molar-refractivity contribution in [1.82, 2.24) is 14.9 Å². The summed E-state index contributed by atoms with van der Waals surface area (Å²) in [5.74, 6) is 0.365. The highest BCUT2D eigenvalue weighted by Gasteiger charge is 2.16. The minimum absolute atomic E-state index is 0.155. The molecule has 0 aliphatic heterocycles. The summed E-state index contributed by atoms with van der Waals surface area (Å²) in [7, 11) is -3.62. The molecular weight excluding hydrogens is 280 g/mol. The molecule has 2 aromatic rings. The van der Waals surface area contributed by atoms with E-state index in [0.29, 0.717) is 23.4 Å². The zero-order valence-corrected chi connectivity index (χ0v) is 11.5. The van der Waals surface area contributed by atoms with Gasteiger partial charge in [-0.3, -0.25) is 0 Å². The van der Waals surface area contributed by atoms with Crippen molar-refractivity contribution in [3.05, 3.63) is 41.5 Å². The summed E-state index contributed by atoms with van der Waals surface area (Å²) in [6.45, 7) is 1.80. The lowest BCUT2D eigenvalue weighted by molar-refractivity contribution is 0.377. The first-order valence-corrected chi connectivity index (χ1v) is 7.27. The van der Waals surface area contributed by atoms with E-state index < -0.39 is 10.0 Å². The van der Waals surface area contributed by atoms with E-state index in [-0.39, 0.29) is 11.4 Å². The van der Waals surface area contributed by atoms with Gasteiger partial charge in [-0.05, 0) is 30.7 Å². The predicted octanol–water partition coefficient (Wildman–Crippen LogP) is 0.771. The molecular formula is C12H12N4O3S. The van der Waals surface area contributed by atoms with Gasteiger partial charge in [0.15, 0.2) is 6.33 Å². The minimum atomic E-state index is -3.62. The molecule has 1 N–H and O–H groups in total. The Bertz CT molecular complexity index is 733. The van der Waals surface area contributed by atoms with Crippen LogP contribution in [0.25, 0.3) is 0 Å². The molecule has 0 bridgehead atoms. The molecule has 0 unspecified atom stereocenters. The van der Waals surface area contributed by atoms with E-state index in [1.54, 1.807) is 6.92 Å². The summed E-state index contributed by atoms with van der Waals surface area (Å²) in [5, 5.41) is 12.2. The zero-order valence-electron chi connectivity index (χ0n) is 10.7. The maximum atomic E-state index is 12.1. The van der Waals surface area contributed by atoms with E-state index in [1.807, 2.05) is 6.07 Å². The number of aromatic nitrogens is 2. The largest absolute Gasteiger partial charge is 0.340 e. The third-order valence-corrected chi connectivity index (χ3v) is 4.25. The van der Waals surface area contributed by atoms with Gasteiger partial charge in [0, 0.05) is 13.0 Å². The van der Waals surface area contributed by atoms with Gasteiger partial charge in [-0.25, -0.2) is 13.1 Å². The highest BCUT2D eigenvalue weighted by atomic mass is 32.2. The van der Waals surface area contributed by atoms with Crippen molar-refractivity contribution in [3.8, 4) is 6.07 Å². The smallest absolute Gasteiger partial charge is 0.240 e. The van der Waals surface area contributed by atoms with Crippen molar-refractivity contribution in [2.45, 2.75) is 18.2 Å². The van der Waals surface area contributed by atoms with Gasteiger partial charge in [-0.15, -0.1) is 0 Å². The molecule has 0 fully saturated rings. The number of nitrogens with one attached hydrogen (secondary N) is 1. The van der Waals surface area contributed by atoms with Gasteiger partial charge in [0.2, 0.25) is 15.9 Å². The second-order valence-corrected chi connectivity index (χ2v) is 5.81. The molecule has 0 aliphatic rings. The van der Waals surface area contributed by atoms with Crippen LogP contribution in [0.2, 0.25) is 0 Å². The van der Waals surface area contributed by atoms with Crippen LogP contribution in [0.3, 0.4) is 0 Å². The second-order valence-electron chi connectivity index (χ2n) is 4.07. The normalized spacial score (nSPS) is 11.2. The topological polar surface area (TPSA) is 109 Å². The standard InChI is InChI=1S/C12H12N4O3S/c1-9-6-10(7-13)2-3-11(9)20(17,18)16-5-4-12-14-8-15-19-12/h2-3,6,8,16H,4-5H2,1H3. The number of aryl methyl sites for hydroxylation is 1. The number of hydrogen-bond acceptors (Lipinski definition) is 6. The number of nitriles is 1. The Kier molecular flexibility index (Phi) is 4.12. The summed E-state index contributed by atoms with van der Waals surface area (Å²) in [6.07, 6.45) is 1.57. The van der Waals surface area contributed by atoms with Crippen LogP contribution in [0, 0.1) is 18.3 Å². The summed E-state index contributed by atoms with van der Waals surface area (Å²) >= 11 is 0. The molecule has 1 heterocycles. The van der Waals surface area contributed by atoms with Crippen LogP contribution in [0.15, 0.2) is 33.9 Å². The summed E-state index contributed by atoms with van der Waals surface area (Å²) < 4.78 is 31.5. The highest BCUT2D eigenvalue weighted by molar-refractivity contribution is 7.89. The summed E-state index contributed by atoms with van der Waals surface area (Å²) in [4.78, 5) is 3.95. The molecule has 7 nitrogen and oxygen atoms in total. The number of benzene rings is 1. The molecule has 1 aromatic carbocycles. The molecule has 0 spiro atoms. The van der Waals surface area contributed by atoms with Crippen LogP contribution in [0.5, 0.6) is 0 Å². The first-order valence-electron chi connectivity index (χ1n) is 5.79. The SMILES string of the molecule is Cc1cc(C#N)ccc1S(=O)(=O)NCCc1ncno1. The number of sulfonamides is 1. The van der Waals surface area contributed by atoms with E-state index in [4.69, 9.17) is 9.78 Å². The Hall–Kier alpha value is -2.24. The Balaban J connectivity index is 2.08. The first-order chi connectivity index (χ1) is 9.53. The molecule has 0 amide bonds. The Morgan fingerprint density at radius 3 is 2.85 bits per heavy atom. The fourth-order valence-electron chi connectivity index (χ4n) is 1.70. The lowest BCUT2D eigenvalue weighted by atomic mass is 10.2. The minimum Gasteiger partial charge on any atom is -0.340 e. The van der Waals surface area contributed by atoms with Gasteiger partial charge >= 0.3 is 0 Å². The van der Waals surface area contributed by atoms with Crippen molar-refractivity contribution in [2.24, 2.45) is 0 Å². The van der Waals surface area contributed by atoms with Crippen molar-refractivity contribution >= 4 is 10.0 Å². The molecule has 104 valence electrons. The maximum absolute atomic E-state index is 12.1. The first kappa shape index (κ1) is 14.2. The third kappa shape index (κ3) is 3.20. The van der Waals surface area contributed by atoms with Crippen molar-refractivity contribution < 1.29 is 12.9 Å². The van der Waals surface area contributed by atoms with Gasteiger partial charge in [0.05, 0.1) is 16.5 Å². The van der Waals surface area contributed by atoms with E-state index in [2.05, 4.69) is 14.9 Å². The molecule has 0 saturated heterocycles.